The number of nitrogens with zero attached hydrogens (tertiary/aromatic N) is 1. The molecule has 3 heteroatoms. The van der Waals surface area contributed by atoms with Gasteiger partial charge in [0.1, 0.15) is 5.01 Å². The van der Waals surface area contributed by atoms with Crippen molar-refractivity contribution in [2.45, 2.75) is 25.3 Å². The van der Waals surface area contributed by atoms with Gasteiger partial charge in [-0.1, -0.05) is 30.3 Å². The van der Waals surface area contributed by atoms with Gasteiger partial charge in [0.25, 0.3) is 0 Å². The second-order valence-electron chi connectivity index (χ2n) is 4.19. The quantitative estimate of drug-likeness (QED) is 0.817. The van der Waals surface area contributed by atoms with E-state index in [-0.39, 0.29) is 6.04 Å². The van der Waals surface area contributed by atoms with Gasteiger partial charge < -0.3 is 5.73 Å². The normalized spacial score (nSPS) is 19.4. The molecule has 1 atom stereocenters. The van der Waals surface area contributed by atoms with Crippen molar-refractivity contribution in [2.75, 3.05) is 0 Å². The highest BCUT2D eigenvalue weighted by Crippen LogP contribution is 2.35. The Morgan fingerprint density at radius 3 is 2.81 bits per heavy atom. The summed E-state index contributed by atoms with van der Waals surface area (Å²) in [6, 6.07) is 10.5. The first-order valence-electron chi connectivity index (χ1n) is 5.65. The second-order valence-corrected chi connectivity index (χ2v) is 5.28. The fraction of sp³-hybridized carbons (Fsp3) is 0.308. The minimum Gasteiger partial charge on any atom is -0.323 e. The third-order valence-electron chi connectivity index (χ3n) is 3.02. The first kappa shape index (κ1) is 10.00. The van der Waals surface area contributed by atoms with Crippen LogP contribution < -0.4 is 5.73 Å². The molecule has 82 valence electrons. The van der Waals surface area contributed by atoms with Crippen LogP contribution in [0.4, 0.5) is 0 Å². The van der Waals surface area contributed by atoms with Crippen LogP contribution in [0.15, 0.2) is 30.3 Å². The van der Waals surface area contributed by atoms with Gasteiger partial charge in [0.2, 0.25) is 0 Å². The van der Waals surface area contributed by atoms with Gasteiger partial charge in [-0.15, -0.1) is 11.3 Å². The summed E-state index contributed by atoms with van der Waals surface area (Å²) >= 11 is 1.80. The van der Waals surface area contributed by atoms with Crippen molar-refractivity contribution < 1.29 is 0 Å². The van der Waals surface area contributed by atoms with E-state index in [9.17, 15) is 0 Å². The number of rotatable bonds is 1. The molecule has 1 aromatic carbocycles. The minimum atomic E-state index is 0.150. The van der Waals surface area contributed by atoms with E-state index in [0.29, 0.717) is 0 Å². The summed E-state index contributed by atoms with van der Waals surface area (Å²) in [5, 5.41) is 1.11. The standard InChI is InChI=1S/C13H14N2S/c14-10-7-4-8-11-12(10)15-13(16-11)9-5-2-1-3-6-9/h1-3,5-6,10H,4,7-8,14H2. The molecular weight excluding hydrogens is 216 g/mol. The summed E-state index contributed by atoms with van der Waals surface area (Å²) < 4.78 is 0. The number of fused-ring (bicyclic) bond motifs is 1. The van der Waals surface area contributed by atoms with Crippen molar-refractivity contribution in [1.29, 1.82) is 0 Å². The summed E-state index contributed by atoms with van der Waals surface area (Å²) in [7, 11) is 0. The van der Waals surface area contributed by atoms with E-state index in [4.69, 9.17) is 10.7 Å². The number of aromatic nitrogens is 1. The van der Waals surface area contributed by atoms with Gasteiger partial charge in [-0.2, -0.15) is 0 Å². The van der Waals surface area contributed by atoms with Crippen molar-refractivity contribution in [3.05, 3.63) is 40.9 Å². The highest BCUT2D eigenvalue weighted by Gasteiger charge is 2.21. The first-order valence-corrected chi connectivity index (χ1v) is 6.47. The number of benzene rings is 1. The van der Waals surface area contributed by atoms with Crippen LogP contribution in [-0.4, -0.2) is 4.98 Å². The lowest BCUT2D eigenvalue weighted by atomic mass is 9.99. The molecular formula is C13H14N2S. The summed E-state index contributed by atoms with van der Waals surface area (Å²) in [6.45, 7) is 0. The van der Waals surface area contributed by atoms with Crippen LogP contribution in [0.3, 0.4) is 0 Å². The Hall–Kier alpha value is -1.19. The number of nitrogens with two attached hydrogens (primary N) is 1. The van der Waals surface area contributed by atoms with Crippen LogP contribution in [0.2, 0.25) is 0 Å². The van der Waals surface area contributed by atoms with E-state index in [2.05, 4.69) is 24.3 Å². The fourth-order valence-corrected chi connectivity index (χ4v) is 3.34. The van der Waals surface area contributed by atoms with E-state index < -0.39 is 0 Å². The summed E-state index contributed by atoms with van der Waals surface area (Å²) in [5.74, 6) is 0. The van der Waals surface area contributed by atoms with Crippen molar-refractivity contribution in [3.8, 4) is 10.6 Å². The molecule has 2 N–H and O–H groups in total. The molecule has 0 bridgehead atoms. The molecule has 0 amide bonds. The molecule has 1 aromatic heterocycles. The molecule has 0 spiro atoms. The Balaban J connectivity index is 2.05. The molecule has 0 saturated carbocycles. The van der Waals surface area contributed by atoms with Crippen molar-refractivity contribution >= 4 is 11.3 Å². The van der Waals surface area contributed by atoms with Crippen LogP contribution in [-0.2, 0) is 6.42 Å². The molecule has 0 aliphatic heterocycles. The number of hydrogen-bond acceptors (Lipinski definition) is 3. The van der Waals surface area contributed by atoms with Gasteiger partial charge in [0.15, 0.2) is 0 Å². The maximum atomic E-state index is 6.08. The lowest BCUT2D eigenvalue weighted by molar-refractivity contribution is 0.564. The number of hydrogen-bond donors (Lipinski definition) is 1. The molecule has 1 aliphatic rings. The second kappa shape index (κ2) is 4.00. The van der Waals surface area contributed by atoms with Crippen LogP contribution in [0.5, 0.6) is 0 Å². The lowest BCUT2D eigenvalue weighted by Gasteiger charge is -2.15. The number of thiazole rings is 1. The maximum Gasteiger partial charge on any atom is 0.123 e. The summed E-state index contributed by atoms with van der Waals surface area (Å²) in [6.07, 6.45) is 3.42. The molecule has 1 aliphatic carbocycles. The lowest BCUT2D eigenvalue weighted by Crippen LogP contribution is -2.16. The van der Waals surface area contributed by atoms with Crippen LogP contribution in [0.1, 0.15) is 29.5 Å². The van der Waals surface area contributed by atoms with E-state index in [1.165, 1.54) is 16.9 Å². The van der Waals surface area contributed by atoms with Crippen molar-refractivity contribution in [3.63, 3.8) is 0 Å². The highest BCUT2D eigenvalue weighted by atomic mass is 32.1. The molecule has 0 saturated heterocycles. The van der Waals surface area contributed by atoms with Gasteiger partial charge in [-0.05, 0) is 19.3 Å². The van der Waals surface area contributed by atoms with Crippen LogP contribution in [0.25, 0.3) is 10.6 Å². The molecule has 0 radical (unpaired) electrons. The van der Waals surface area contributed by atoms with Gasteiger partial charge in [-0.3, -0.25) is 0 Å². The smallest absolute Gasteiger partial charge is 0.123 e. The third-order valence-corrected chi connectivity index (χ3v) is 4.20. The van der Waals surface area contributed by atoms with Crippen LogP contribution in [0, 0.1) is 0 Å². The Morgan fingerprint density at radius 1 is 1.25 bits per heavy atom. The fourth-order valence-electron chi connectivity index (χ4n) is 2.16. The Bertz CT molecular complexity index is 490. The molecule has 2 nitrogen and oxygen atoms in total. The summed E-state index contributed by atoms with van der Waals surface area (Å²) in [5.41, 5.74) is 8.42. The molecule has 1 heterocycles. The number of aryl methyl sites for hydroxylation is 1. The Kier molecular flexibility index (Phi) is 2.50. The van der Waals surface area contributed by atoms with E-state index >= 15 is 0 Å². The van der Waals surface area contributed by atoms with Crippen molar-refractivity contribution in [1.82, 2.24) is 4.98 Å². The Morgan fingerprint density at radius 2 is 2.06 bits per heavy atom. The minimum absolute atomic E-state index is 0.150. The van der Waals surface area contributed by atoms with Crippen molar-refractivity contribution in [2.24, 2.45) is 5.73 Å². The van der Waals surface area contributed by atoms with E-state index in [1.54, 1.807) is 11.3 Å². The molecule has 2 aromatic rings. The van der Waals surface area contributed by atoms with E-state index in [0.717, 1.165) is 23.5 Å². The largest absolute Gasteiger partial charge is 0.323 e. The first-order chi connectivity index (χ1) is 7.84. The topological polar surface area (TPSA) is 38.9 Å². The SMILES string of the molecule is NC1CCCc2sc(-c3ccccc3)nc21. The molecule has 0 fully saturated rings. The Labute approximate surface area is 99.1 Å². The van der Waals surface area contributed by atoms with Gasteiger partial charge >= 0.3 is 0 Å². The third kappa shape index (κ3) is 1.66. The predicted molar refractivity (Wildman–Crippen MR) is 67.4 cm³/mol. The zero-order valence-electron chi connectivity index (χ0n) is 9.02. The predicted octanol–water partition coefficient (Wildman–Crippen LogP) is 3.15. The van der Waals surface area contributed by atoms with Crippen LogP contribution >= 0.6 is 11.3 Å². The zero-order chi connectivity index (χ0) is 11.0. The summed E-state index contributed by atoms with van der Waals surface area (Å²) in [4.78, 5) is 6.08. The van der Waals surface area contributed by atoms with E-state index in [1.807, 2.05) is 6.07 Å². The molecule has 3 rings (SSSR count). The zero-order valence-corrected chi connectivity index (χ0v) is 9.83. The average molecular weight is 230 g/mol. The van der Waals surface area contributed by atoms with Gasteiger partial charge in [-0.25, -0.2) is 4.98 Å². The maximum absolute atomic E-state index is 6.08. The monoisotopic (exact) mass is 230 g/mol. The molecule has 16 heavy (non-hydrogen) atoms. The average Bonchev–Trinajstić information content (AvgIpc) is 2.76. The molecule has 1 unspecified atom stereocenters. The van der Waals surface area contributed by atoms with Gasteiger partial charge in [0, 0.05) is 16.5 Å². The van der Waals surface area contributed by atoms with Gasteiger partial charge in [0.05, 0.1) is 5.69 Å². The highest BCUT2D eigenvalue weighted by molar-refractivity contribution is 7.15.